The number of aliphatic hydroxyl groups excluding tert-OH is 2. The smallest absolute Gasteiger partial charge is 0.119 e. The van der Waals surface area contributed by atoms with Crippen molar-refractivity contribution in [1.82, 2.24) is 4.90 Å². The summed E-state index contributed by atoms with van der Waals surface area (Å²) in [6, 6.07) is 17.6. The number of aliphatic hydroxyl groups is 2. The molecule has 0 aromatic heterocycles. The molecule has 4 atom stereocenters. The topological polar surface area (TPSA) is 52.9 Å². The van der Waals surface area contributed by atoms with Crippen LogP contribution in [0.4, 0.5) is 0 Å². The third kappa shape index (κ3) is 3.12. The molecule has 5 heteroatoms. The molecule has 26 heavy (non-hydrogen) atoms. The van der Waals surface area contributed by atoms with Gasteiger partial charge in [-0.15, -0.1) is 0 Å². The molecule has 1 spiro atoms. The molecule has 4 nitrogen and oxygen atoms in total. The molecule has 2 N–H and O–H groups in total. The number of ether oxygens (including phenoxy) is 1. The normalized spacial score (nSPS) is 30.7. The Labute approximate surface area is 159 Å². The van der Waals surface area contributed by atoms with Gasteiger partial charge in [-0.05, 0) is 41.7 Å². The summed E-state index contributed by atoms with van der Waals surface area (Å²) in [7, 11) is 0. The molecule has 1 saturated heterocycles. The minimum atomic E-state index is -0.416. The Kier molecular flexibility index (Phi) is 4.93. The molecule has 0 unspecified atom stereocenters. The maximum absolute atomic E-state index is 10.8. The number of hydrogen-bond donors (Lipinski definition) is 2. The SMILES string of the molecule is OC[C@@H]1[C@@H](c2ccccc2)[C@]12CN(CCOc1ccc(Cl)cc1)C[C@@H]2O. The molecule has 2 fully saturated rings. The molecule has 2 aromatic rings. The van der Waals surface area contributed by atoms with Gasteiger partial charge in [-0.1, -0.05) is 41.9 Å². The molecule has 0 bridgehead atoms. The Hall–Kier alpha value is -1.59. The average molecular weight is 374 g/mol. The first-order chi connectivity index (χ1) is 12.6. The van der Waals surface area contributed by atoms with Gasteiger partial charge in [-0.3, -0.25) is 4.90 Å². The Morgan fingerprint density at radius 2 is 1.85 bits per heavy atom. The number of benzene rings is 2. The second-order valence-electron chi connectivity index (χ2n) is 7.34. The maximum atomic E-state index is 10.8. The molecular formula is C21H24ClNO3. The van der Waals surface area contributed by atoms with Gasteiger partial charge in [0, 0.05) is 36.7 Å². The van der Waals surface area contributed by atoms with Crippen LogP contribution in [0.1, 0.15) is 11.5 Å². The largest absolute Gasteiger partial charge is 0.492 e. The van der Waals surface area contributed by atoms with Crippen molar-refractivity contribution in [2.75, 3.05) is 32.8 Å². The van der Waals surface area contributed by atoms with Gasteiger partial charge in [0.15, 0.2) is 0 Å². The van der Waals surface area contributed by atoms with Crippen molar-refractivity contribution in [1.29, 1.82) is 0 Å². The summed E-state index contributed by atoms with van der Waals surface area (Å²) in [6.07, 6.45) is -0.416. The highest BCUT2D eigenvalue weighted by Gasteiger charge is 2.70. The molecule has 4 rings (SSSR count). The summed E-state index contributed by atoms with van der Waals surface area (Å²) in [6.45, 7) is 2.85. The van der Waals surface area contributed by atoms with Crippen molar-refractivity contribution in [3.63, 3.8) is 0 Å². The monoisotopic (exact) mass is 373 g/mol. The van der Waals surface area contributed by atoms with Crippen LogP contribution in [-0.2, 0) is 0 Å². The van der Waals surface area contributed by atoms with Crippen LogP contribution in [0.5, 0.6) is 5.75 Å². The maximum Gasteiger partial charge on any atom is 0.119 e. The lowest BCUT2D eigenvalue weighted by atomic mass is 9.95. The summed E-state index contributed by atoms with van der Waals surface area (Å²) in [5.41, 5.74) is 0.987. The van der Waals surface area contributed by atoms with E-state index >= 15 is 0 Å². The minimum absolute atomic E-state index is 0.117. The van der Waals surface area contributed by atoms with Gasteiger partial charge in [-0.25, -0.2) is 0 Å². The van der Waals surface area contributed by atoms with Crippen LogP contribution in [-0.4, -0.2) is 54.1 Å². The molecule has 1 aliphatic heterocycles. The first kappa shape index (κ1) is 17.8. The first-order valence-electron chi connectivity index (χ1n) is 9.10. The fourth-order valence-electron chi connectivity index (χ4n) is 4.65. The van der Waals surface area contributed by atoms with Crippen LogP contribution in [0, 0.1) is 11.3 Å². The number of likely N-dealkylation sites (tertiary alicyclic amines) is 1. The molecule has 1 aliphatic carbocycles. The molecule has 2 aromatic carbocycles. The molecule has 2 aliphatic rings. The van der Waals surface area contributed by atoms with Crippen LogP contribution in [0.2, 0.25) is 5.02 Å². The lowest BCUT2D eigenvalue weighted by molar-refractivity contribution is 0.111. The molecule has 138 valence electrons. The van der Waals surface area contributed by atoms with Crippen molar-refractivity contribution in [2.24, 2.45) is 11.3 Å². The van der Waals surface area contributed by atoms with E-state index in [-0.39, 0.29) is 23.9 Å². The van der Waals surface area contributed by atoms with E-state index in [1.54, 1.807) is 0 Å². The van der Waals surface area contributed by atoms with Crippen LogP contribution >= 0.6 is 11.6 Å². The predicted molar refractivity (Wildman–Crippen MR) is 102 cm³/mol. The van der Waals surface area contributed by atoms with Crippen LogP contribution in [0.3, 0.4) is 0 Å². The Morgan fingerprint density at radius 1 is 1.12 bits per heavy atom. The number of halogens is 1. The second-order valence-corrected chi connectivity index (χ2v) is 7.78. The third-order valence-electron chi connectivity index (χ3n) is 5.96. The van der Waals surface area contributed by atoms with E-state index in [0.717, 1.165) is 18.8 Å². The fraction of sp³-hybridized carbons (Fsp3) is 0.429. The van der Waals surface area contributed by atoms with E-state index in [0.29, 0.717) is 18.2 Å². The van der Waals surface area contributed by atoms with Crippen molar-refractivity contribution in [3.8, 4) is 5.75 Å². The lowest BCUT2D eigenvalue weighted by Crippen LogP contribution is -2.27. The Balaban J connectivity index is 1.37. The summed E-state index contributed by atoms with van der Waals surface area (Å²) in [4.78, 5) is 2.24. The Morgan fingerprint density at radius 3 is 2.54 bits per heavy atom. The second kappa shape index (κ2) is 7.20. The van der Waals surface area contributed by atoms with Gasteiger partial charge in [0.1, 0.15) is 12.4 Å². The average Bonchev–Trinajstić information content (AvgIpc) is 3.20. The highest BCUT2D eigenvalue weighted by atomic mass is 35.5. The number of β-amino-alcohol motifs (C(OH)–C–C–N with tert-alkyl or cyclic N) is 1. The van der Waals surface area contributed by atoms with Crippen LogP contribution < -0.4 is 4.74 Å². The van der Waals surface area contributed by atoms with E-state index in [1.165, 1.54) is 5.56 Å². The zero-order valence-corrected chi connectivity index (χ0v) is 15.3. The molecule has 1 heterocycles. The fourth-order valence-corrected chi connectivity index (χ4v) is 4.78. The van der Waals surface area contributed by atoms with E-state index in [9.17, 15) is 10.2 Å². The first-order valence-corrected chi connectivity index (χ1v) is 9.47. The molecule has 1 saturated carbocycles. The van der Waals surface area contributed by atoms with Gasteiger partial charge in [0.2, 0.25) is 0 Å². The van der Waals surface area contributed by atoms with Crippen molar-refractivity contribution >= 4 is 11.6 Å². The summed E-state index contributed by atoms with van der Waals surface area (Å²) in [5, 5.41) is 21.3. The minimum Gasteiger partial charge on any atom is -0.492 e. The van der Waals surface area contributed by atoms with Gasteiger partial charge in [-0.2, -0.15) is 0 Å². The predicted octanol–water partition coefficient (Wildman–Crippen LogP) is 2.79. The van der Waals surface area contributed by atoms with Crippen molar-refractivity contribution in [3.05, 3.63) is 65.2 Å². The molecule has 0 radical (unpaired) electrons. The van der Waals surface area contributed by atoms with E-state index in [2.05, 4.69) is 17.0 Å². The third-order valence-corrected chi connectivity index (χ3v) is 6.21. The van der Waals surface area contributed by atoms with Gasteiger partial charge >= 0.3 is 0 Å². The summed E-state index contributed by atoms with van der Waals surface area (Å²) in [5.74, 6) is 1.15. The molecular weight excluding hydrogens is 350 g/mol. The number of nitrogens with zero attached hydrogens (tertiary/aromatic N) is 1. The van der Waals surface area contributed by atoms with Crippen LogP contribution in [0.25, 0.3) is 0 Å². The van der Waals surface area contributed by atoms with Crippen LogP contribution in [0.15, 0.2) is 54.6 Å². The van der Waals surface area contributed by atoms with Gasteiger partial charge in [0.25, 0.3) is 0 Å². The quantitative estimate of drug-likeness (QED) is 0.817. The van der Waals surface area contributed by atoms with Gasteiger partial charge < -0.3 is 14.9 Å². The zero-order chi connectivity index (χ0) is 18.1. The van der Waals surface area contributed by atoms with Crippen molar-refractivity contribution in [2.45, 2.75) is 12.0 Å². The van der Waals surface area contributed by atoms with E-state index < -0.39 is 6.10 Å². The number of rotatable bonds is 6. The van der Waals surface area contributed by atoms with Crippen molar-refractivity contribution < 1.29 is 14.9 Å². The highest BCUT2D eigenvalue weighted by Crippen LogP contribution is 2.68. The van der Waals surface area contributed by atoms with Gasteiger partial charge in [0.05, 0.1) is 6.10 Å². The van der Waals surface area contributed by atoms with E-state index in [1.807, 2.05) is 42.5 Å². The Bertz CT molecular complexity index is 739. The summed E-state index contributed by atoms with van der Waals surface area (Å²) < 4.78 is 5.78. The molecule has 0 amide bonds. The standard InChI is InChI=1S/C21H24ClNO3/c22-16-6-8-17(9-7-16)26-11-10-23-12-19(25)21(14-23)18(13-24)20(21)15-4-2-1-3-5-15/h1-9,18-20,24-25H,10-14H2/t18-,19+,20-,21-/m1/s1. The number of hydrogen-bond acceptors (Lipinski definition) is 4. The highest BCUT2D eigenvalue weighted by molar-refractivity contribution is 6.30. The van der Waals surface area contributed by atoms with E-state index in [4.69, 9.17) is 16.3 Å². The lowest BCUT2D eigenvalue weighted by Gasteiger charge is -2.17. The summed E-state index contributed by atoms with van der Waals surface area (Å²) >= 11 is 5.88. The zero-order valence-electron chi connectivity index (χ0n) is 14.6.